The Bertz CT molecular complexity index is 433. The standard InChI is InChI=1S/C13H18N2O3S/c1-2-11-8-18-5-4-15(11)12(16)7-14-13(17)10-3-6-19-9-10/h3,6,9,11H,2,4-5,7-8H2,1H3,(H,14,17). The Balaban J connectivity index is 1.85. The molecule has 2 rings (SSSR count). The summed E-state index contributed by atoms with van der Waals surface area (Å²) in [6.07, 6.45) is 0.865. The molecule has 2 heterocycles. The molecule has 1 aromatic heterocycles. The summed E-state index contributed by atoms with van der Waals surface area (Å²) in [5, 5.41) is 6.27. The van der Waals surface area contributed by atoms with Crippen molar-refractivity contribution in [1.82, 2.24) is 10.2 Å². The zero-order chi connectivity index (χ0) is 13.7. The number of ether oxygens (including phenoxy) is 1. The third-order valence-corrected chi connectivity index (χ3v) is 3.89. The highest BCUT2D eigenvalue weighted by Gasteiger charge is 2.25. The van der Waals surface area contributed by atoms with Gasteiger partial charge in [0.1, 0.15) is 0 Å². The number of nitrogens with one attached hydrogen (secondary N) is 1. The average molecular weight is 282 g/mol. The van der Waals surface area contributed by atoms with Gasteiger partial charge in [-0.05, 0) is 17.9 Å². The molecule has 0 radical (unpaired) electrons. The van der Waals surface area contributed by atoms with Crippen LogP contribution in [0.1, 0.15) is 23.7 Å². The van der Waals surface area contributed by atoms with Crippen molar-refractivity contribution in [2.45, 2.75) is 19.4 Å². The van der Waals surface area contributed by atoms with Crippen LogP contribution in [0, 0.1) is 0 Å². The lowest BCUT2D eigenvalue weighted by atomic mass is 10.1. The van der Waals surface area contributed by atoms with Gasteiger partial charge in [-0.25, -0.2) is 0 Å². The van der Waals surface area contributed by atoms with Crippen LogP contribution in [0.15, 0.2) is 16.8 Å². The highest BCUT2D eigenvalue weighted by Crippen LogP contribution is 2.10. The minimum absolute atomic E-state index is 0.0428. The lowest BCUT2D eigenvalue weighted by Gasteiger charge is -2.35. The van der Waals surface area contributed by atoms with Gasteiger partial charge in [-0.15, -0.1) is 0 Å². The van der Waals surface area contributed by atoms with Crippen LogP contribution in [0.3, 0.4) is 0 Å². The fourth-order valence-electron chi connectivity index (χ4n) is 2.07. The Morgan fingerprint density at radius 3 is 3.11 bits per heavy atom. The summed E-state index contributed by atoms with van der Waals surface area (Å²) in [5.74, 6) is -0.241. The lowest BCUT2D eigenvalue weighted by molar-refractivity contribution is -0.138. The molecule has 1 aromatic rings. The highest BCUT2D eigenvalue weighted by atomic mass is 32.1. The van der Waals surface area contributed by atoms with E-state index in [4.69, 9.17) is 4.74 Å². The van der Waals surface area contributed by atoms with E-state index in [1.165, 1.54) is 11.3 Å². The van der Waals surface area contributed by atoms with Crippen molar-refractivity contribution in [2.24, 2.45) is 0 Å². The molecule has 6 heteroatoms. The Labute approximate surface area is 116 Å². The summed E-state index contributed by atoms with van der Waals surface area (Å²) in [6, 6.07) is 1.87. The van der Waals surface area contributed by atoms with E-state index in [9.17, 15) is 9.59 Å². The maximum Gasteiger partial charge on any atom is 0.252 e. The molecule has 1 atom stereocenters. The summed E-state index contributed by atoms with van der Waals surface area (Å²) in [6.45, 7) is 3.84. The monoisotopic (exact) mass is 282 g/mol. The van der Waals surface area contributed by atoms with E-state index in [1.807, 2.05) is 12.3 Å². The maximum absolute atomic E-state index is 12.1. The molecule has 0 saturated carbocycles. The molecule has 104 valence electrons. The first-order valence-electron chi connectivity index (χ1n) is 6.40. The fourth-order valence-corrected chi connectivity index (χ4v) is 2.71. The van der Waals surface area contributed by atoms with E-state index in [0.717, 1.165) is 6.42 Å². The van der Waals surface area contributed by atoms with Crippen molar-refractivity contribution < 1.29 is 14.3 Å². The number of hydrogen-bond donors (Lipinski definition) is 1. The Hall–Kier alpha value is -1.40. The Morgan fingerprint density at radius 2 is 2.42 bits per heavy atom. The molecule has 1 N–H and O–H groups in total. The average Bonchev–Trinajstić information content (AvgIpc) is 2.98. The smallest absolute Gasteiger partial charge is 0.252 e. The number of carbonyl (C=O) groups is 2. The predicted molar refractivity (Wildman–Crippen MR) is 73.3 cm³/mol. The van der Waals surface area contributed by atoms with Crippen LogP contribution in [0.5, 0.6) is 0 Å². The quantitative estimate of drug-likeness (QED) is 0.900. The molecule has 0 spiro atoms. The minimum atomic E-state index is -0.198. The molecule has 5 nitrogen and oxygen atoms in total. The van der Waals surface area contributed by atoms with Crippen LogP contribution >= 0.6 is 11.3 Å². The van der Waals surface area contributed by atoms with Crippen LogP contribution in [0.4, 0.5) is 0 Å². The van der Waals surface area contributed by atoms with Gasteiger partial charge < -0.3 is 15.0 Å². The van der Waals surface area contributed by atoms with E-state index in [1.54, 1.807) is 16.3 Å². The van der Waals surface area contributed by atoms with E-state index in [-0.39, 0.29) is 24.4 Å². The third kappa shape index (κ3) is 3.54. The number of amides is 2. The summed E-state index contributed by atoms with van der Waals surface area (Å²) in [4.78, 5) is 25.6. The third-order valence-electron chi connectivity index (χ3n) is 3.20. The molecule has 1 aliphatic heterocycles. The molecule has 1 aliphatic rings. The molecule has 2 amide bonds. The maximum atomic E-state index is 12.1. The van der Waals surface area contributed by atoms with Crippen LogP contribution < -0.4 is 5.32 Å². The second-order valence-corrected chi connectivity index (χ2v) is 5.20. The zero-order valence-electron chi connectivity index (χ0n) is 10.9. The number of thiophene rings is 1. The van der Waals surface area contributed by atoms with Gasteiger partial charge in [-0.3, -0.25) is 9.59 Å². The van der Waals surface area contributed by atoms with Crippen LogP contribution in [0.25, 0.3) is 0 Å². The second kappa shape index (κ2) is 6.68. The summed E-state index contributed by atoms with van der Waals surface area (Å²) in [5.41, 5.74) is 0.604. The lowest BCUT2D eigenvalue weighted by Crippen LogP contribution is -2.51. The van der Waals surface area contributed by atoms with Gasteiger partial charge >= 0.3 is 0 Å². The van der Waals surface area contributed by atoms with Gasteiger partial charge in [0, 0.05) is 17.5 Å². The van der Waals surface area contributed by atoms with Crippen molar-refractivity contribution in [3.05, 3.63) is 22.4 Å². The van der Waals surface area contributed by atoms with Gasteiger partial charge in [-0.2, -0.15) is 11.3 Å². The fraction of sp³-hybridized carbons (Fsp3) is 0.538. The van der Waals surface area contributed by atoms with Crippen molar-refractivity contribution in [1.29, 1.82) is 0 Å². The molecular formula is C13H18N2O3S. The number of nitrogens with zero attached hydrogens (tertiary/aromatic N) is 1. The SMILES string of the molecule is CCC1COCCN1C(=O)CNC(=O)c1ccsc1. The Morgan fingerprint density at radius 1 is 1.58 bits per heavy atom. The van der Waals surface area contributed by atoms with Gasteiger partial charge in [0.15, 0.2) is 0 Å². The molecule has 1 saturated heterocycles. The first-order valence-corrected chi connectivity index (χ1v) is 7.34. The van der Waals surface area contributed by atoms with Gasteiger partial charge in [0.25, 0.3) is 5.91 Å². The largest absolute Gasteiger partial charge is 0.377 e. The second-order valence-electron chi connectivity index (χ2n) is 4.42. The van der Waals surface area contributed by atoms with Gasteiger partial charge in [0.2, 0.25) is 5.91 Å². The molecule has 0 aromatic carbocycles. The van der Waals surface area contributed by atoms with Crippen molar-refractivity contribution >= 4 is 23.2 Å². The summed E-state index contributed by atoms with van der Waals surface area (Å²) < 4.78 is 5.36. The molecule has 1 unspecified atom stereocenters. The summed E-state index contributed by atoms with van der Waals surface area (Å²) in [7, 11) is 0. The molecule has 0 aliphatic carbocycles. The molecular weight excluding hydrogens is 264 g/mol. The minimum Gasteiger partial charge on any atom is -0.377 e. The van der Waals surface area contributed by atoms with E-state index < -0.39 is 0 Å². The van der Waals surface area contributed by atoms with Crippen LogP contribution in [-0.4, -0.2) is 49.1 Å². The van der Waals surface area contributed by atoms with E-state index >= 15 is 0 Å². The molecule has 0 bridgehead atoms. The number of rotatable bonds is 4. The van der Waals surface area contributed by atoms with E-state index in [0.29, 0.717) is 25.3 Å². The first kappa shape index (κ1) is 14.0. The highest BCUT2D eigenvalue weighted by molar-refractivity contribution is 7.08. The predicted octanol–water partition coefficient (Wildman–Crippen LogP) is 1.12. The van der Waals surface area contributed by atoms with Crippen molar-refractivity contribution in [3.8, 4) is 0 Å². The zero-order valence-corrected chi connectivity index (χ0v) is 11.7. The van der Waals surface area contributed by atoms with Gasteiger partial charge in [-0.1, -0.05) is 6.92 Å². The van der Waals surface area contributed by atoms with E-state index in [2.05, 4.69) is 5.32 Å². The summed E-state index contributed by atoms with van der Waals surface area (Å²) >= 11 is 1.46. The normalized spacial score (nSPS) is 19.2. The van der Waals surface area contributed by atoms with Gasteiger partial charge in [0.05, 0.1) is 25.8 Å². The molecule has 19 heavy (non-hydrogen) atoms. The topological polar surface area (TPSA) is 58.6 Å². The van der Waals surface area contributed by atoms with Crippen LogP contribution in [-0.2, 0) is 9.53 Å². The Kier molecular flexibility index (Phi) is 4.93. The van der Waals surface area contributed by atoms with Crippen molar-refractivity contribution in [3.63, 3.8) is 0 Å². The molecule has 1 fully saturated rings. The number of hydrogen-bond acceptors (Lipinski definition) is 4. The number of carbonyl (C=O) groups excluding carboxylic acids is 2. The van der Waals surface area contributed by atoms with Crippen molar-refractivity contribution in [2.75, 3.05) is 26.3 Å². The first-order chi connectivity index (χ1) is 9.22. The van der Waals surface area contributed by atoms with Crippen LogP contribution in [0.2, 0.25) is 0 Å². The number of morpholine rings is 1.